The van der Waals surface area contributed by atoms with E-state index in [-0.39, 0.29) is 0 Å². The van der Waals surface area contributed by atoms with Crippen LogP contribution in [-0.2, 0) is 11.3 Å². The van der Waals surface area contributed by atoms with Crippen LogP contribution < -0.4 is 11.1 Å². The maximum Gasteiger partial charge on any atom is 0.158 e. The standard InChI is InChI=1S/C13H15ClN4O/c1-8-9(14)4-3-5-10(8)16-12-6-11(15)17-13(18-12)7-19-2/h3-6H,7H2,1-2H3,(H3,15,16,17,18). The first-order chi connectivity index (χ1) is 9.10. The number of benzene rings is 1. The number of ether oxygens (including phenoxy) is 1. The maximum atomic E-state index is 6.07. The Hall–Kier alpha value is -1.85. The lowest BCUT2D eigenvalue weighted by atomic mass is 10.2. The topological polar surface area (TPSA) is 73.1 Å². The molecule has 100 valence electrons. The second kappa shape index (κ2) is 5.86. The minimum Gasteiger partial charge on any atom is -0.384 e. The lowest BCUT2D eigenvalue weighted by Crippen LogP contribution is -2.05. The number of aromatic nitrogens is 2. The molecule has 0 radical (unpaired) electrons. The number of halogens is 1. The molecule has 5 nitrogen and oxygen atoms in total. The van der Waals surface area contributed by atoms with Crippen LogP contribution in [0.2, 0.25) is 5.02 Å². The van der Waals surface area contributed by atoms with Crippen molar-refractivity contribution in [2.45, 2.75) is 13.5 Å². The smallest absolute Gasteiger partial charge is 0.158 e. The lowest BCUT2D eigenvalue weighted by molar-refractivity contribution is 0.178. The highest BCUT2D eigenvalue weighted by atomic mass is 35.5. The Bertz CT molecular complexity index is 589. The quantitative estimate of drug-likeness (QED) is 0.900. The third kappa shape index (κ3) is 3.33. The summed E-state index contributed by atoms with van der Waals surface area (Å²) in [6, 6.07) is 7.31. The zero-order chi connectivity index (χ0) is 13.8. The van der Waals surface area contributed by atoms with Crippen molar-refractivity contribution in [1.82, 2.24) is 9.97 Å². The lowest BCUT2D eigenvalue weighted by Gasteiger charge is -2.11. The van der Waals surface area contributed by atoms with E-state index in [4.69, 9.17) is 22.1 Å². The Labute approximate surface area is 116 Å². The number of nitrogens with zero attached hydrogens (tertiary/aromatic N) is 2. The highest BCUT2D eigenvalue weighted by Crippen LogP contribution is 2.25. The predicted molar refractivity (Wildman–Crippen MR) is 76.6 cm³/mol. The predicted octanol–water partition coefficient (Wildman–Crippen LogP) is 2.91. The minimum absolute atomic E-state index is 0.314. The Morgan fingerprint density at radius 2 is 2.16 bits per heavy atom. The summed E-state index contributed by atoms with van der Waals surface area (Å²) >= 11 is 6.07. The van der Waals surface area contributed by atoms with Crippen LogP contribution in [0.15, 0.2) is 24.3 Å². The molecule has 0 spiro atoms. The van der Waals surface area contributed by atoms with Crippen LogP contribution in [0, 0.1) is 6.92 Å². The molecule has 0 bridgehead atoms. The van der Waals surface area contributed by atoms with Crippen molar-refractivity contribution in [3.8, 4) is 0 Å². The molecule has 0 unspecified atom stereocenters. The van der Waals surface area contributed by atoms with Gasteiger partial charge in [0.1, 0.15) is 18.2 Å². The number of hydrogen-bond acceptors (Lipinski definition) is 5. The van der Waals surface area contributed by atoms with Gasteiger partial charge < -0.3 is 15.8 Å². The first-order valence-electron chi connectivity index (χ1n) is 5.74. The van der Waals surface area contributed by atoms with Gasteiger partial charge in [-0.3, -0.25) is 0 Å². The summed E-state index contributed by atoms with van der Waals surface area (Å²) in [5, 5.41) is 3.88. The average Bonchev–Trinajstić information content (AvgIpc) is 2.35. The number of nitrogens with two attached hydrogens (primary N) is 1. The summed E-state index contributed by atoms with van der Waals surface area (Å²) in [6.45, 7) is 2.25. The number of rotatable bonds is 4. The molecule has 0 aliphatic carbocycles. The van der Waals surface area contributed by atoms with Crippen LogP contribution in [0.5, 0.6) is 0 Å². The number of nitrogen functional groups attached to an aromatic ring is 1. The molecule has 0 aliphatic rings. The summed E-state index contributed by atoms with van der Waals surface area (Å²) < 4.78 is 5.00. The second-order valence-electron chi connectivity index (χ2n) is 4.06. The summed E-state index contributed by atoms with van der Waals surface area (Å²) in [5.41, 5.74) is 7.58. The Kier molecular flexibility index (Phi) is 4.19. The van der Waals surface area contributed by atoms with Crippen molar-refractivity contribution >= 4 is 28.9 Å². The van der Waals surface area contributed by atoms with Crippen LogP contribution in [0.4, 0.5) is 17.3 Å². The van der Waals surface area contributed by atoms with Gasteiger partial charge in [-0.25, -0.2) is 9.97 Å². The van der Waals surface area contributed by atoms with Gasteiger partial charge in [-0.2, -0.15) is 0 Å². The van der Waals surface area contributed by atoms with E-state index in [1.54, 1.807) is 13.2 Å². The molecule has 0 aliphatic heterocycles. The van der Waals surface area contributed by atoms with E-state index >= 15 is 0 Å². The van der Waals surface area contributed by atoms with Crippen molar-refractivity contribution in [3.05, 3.63) is 40.7 Å². The van der Waals surface area contributed by atoms with E-state index in [1.165, 1.54) is 0 Å². The van der Waals surface area contributed by atoms with Gasteiger partial charge >= 0.3 is 0 Å². The molecule has 1 aromatic carbocycles. The van der Waals surface area contributed by atoms with Crippen molar-refractivity contribution in [3.63, 3.8) is 0 Å². The van der Waals surface area contributed by atoms with Crippen LogP contribution in [0.25, 0.3) is 0 Å². The zero-order valence-corrected chi connectivity index (χ0v) is 11.5. The van der Waals surface area contributed by atoms with Crippen molar-refractivity contribution < 1.29 is 4.74 Å². The molecule has 1 heterocycles. The molecule has 2 rings (SSSR count). The minimum atomic E-state index is 0.314. The molecule has 2 aromatic rings. The summed E-state index contributed by atoms with van der Waals surface area (Å²) in [6.07, 6.45) is 0. The SMILES string of the molecule is COCc1nc(N)cc(Nc2cccc(Cl)c2C)n1. The van der Waals surface area contributed by atoms with Gasteiger partial charge in [-0.05, 0) is 24.6 Å². The molecule has 1 aromatic heterocycles. The Balaban J connectivity index is 2.30. The van der Waals surface area contributed by atoms with Gasteiger partial charge in [0, 0.05) is 23.9 Å². The van der Waals surface area contributed by atoms with Crippen LogP contribution in [-0.4, -0.2) is 17.1 Å². The first kappa shape index (κ1) is 13.6. The van der Waals surface area contributed by atoms with E-state index < -0.39 is 0 Å². The van der Waals surface area contributed by atoms with E-state index in [2.05, 4.69) is 15.3 Å². The summed E-state index contributed by atoms with van der Waals surface area (Å²) in [4.78, 5) is 8.40. The van der Waals surface area contributed by atoms with E-state index in [1.807, 2.05) is 25.1 Å². The van der Waals surface area contributed by atoms with Gasteiger partial charge in [0.15, 0.2) is 5.82 Å². The third-order valence-electron chi connectivity index (χ3n) is 2.60. The normalized spacial score (nSPS) is 10.5. The average molecular weight is 279 g/mol. The molecule has 0 saturated heterocycles. The molecule has 3 N–H and O–H groups in total. The van der Waals surface area contributed by atoms with E-state index in [0.29, 0.717) is 29.1 Å². The van der Waals surface area contributed by atoms with Gasteiger partial charge in [-0.15, -0.1) is 0 Å². The number of methoxy groups -OCH3 is 1. The van der Waals surface area contributed by atoms with E-state index in [0.717, 1.165) is 11.3 Å². The second-order valence-corrected chi connectivity index (χ2v) is 4.47. The number of nitrogens with one attached hydrogen (secondary N) is 1. The van der Waals surface area contributed by atoms with Gasteiger partial charge in [0.25, 0.3) is 0 Å². The number of hydrogen-bond donors (Lipinski definition) is 2. The van der Waals surface area contributed by atoms with Gasteiger partial charge in [0.05, 0.1) is 0 Å². The van der Waals surface area contributed by atoms with Gasteiger partial charge in [0.2, 0.25) is 0 Å². The molecular formula is C13H15ClN4O. The van der Waals surface area contributed by atoms with Gasteiger partial charge in [-0.1, -0.05) is 17.7 Å². The highest BCUT2D eigenvalue weighted by molar-refractivity contribution is 6.31. The fourth-order valence-electron chi connectivity index (χ4n) is 1.66. The fourth-order valence-corrected chi connectivity index (χ4v) is 1.83. The summed E-state index contributed by atoms with van der Waals surface area (Å²) in [5.74, 6) is 1.54. The highest BCUT2D eigenvalue weighted by Gasteiger charge is 2.06. The molecule has 0 saturated carbocycles. The molecule has 0 fully saturated rings. The van der Waals surface area contributed by atoms with Crippen LogP contribution in [0.1, 0.15) is 11.4 Å². The fraction of sp³-hybridized carbons (Fsp3) is 0.231. The Morgan fingerprint density at radius 3 is 2.89 bits per heavy atom. The Morgan fingerprint density at radius 1 is 1.37 bits per heavy atom. The first-order valence-corrected chi connectivity index (χ1v) is 6.12. The maximum absolute atomic E-state index is 6.07. The third-order valence-corrected chi connectivity index (χ3v) is 3.01. The van der Waals surface area contributed by atoms with Crippen molar-refractivity contribution in [2.24, 2.45) is 0 Å². The van der Waals surface area contributed by atoms with E-state index in [9.17, 15) is 0 Å². The molecule has 19 heavy (non-hydrogen) atoms. The van der Waals surface area contributed by atoms with Crippen molar-refractivity contribution in [2.75, 3.05) is 18.2 Å². The molecule has 0 amide bonds. The number of anilines is 3. The van der Waals surface area contributed by atoms with Crippen LogP contribution >= 0.6 is 11.6 Å². The molecule has 0 atom stereocenters. The molecule has 6 heteroatoms. The monoisotopic (exact) mass is 278 g/mol. The van der Waals surface area contributed by atoms with Crippen LogP contribution in [0.3, 0.4) is 0 Å². The zero-order valence-electron chi connectivity index (χ0n) is 10.8. The summed E-state index contributed by atoms with van der Waals surface area (Å²) in [7, 11) is 1.58. The van der Waals surface area contributed by atoms with Crippen molar-refractivity contribution in [1.29, 1.82) is 0 Å². The molecular weight excluding hydrogens is 264 g/mol. The largest absolute Gasteiger partial charge is 0.384 e.